The Balaban J connectivity index is 4.18. The molecule has 75 heavy (non-hydrogen) atoms. The first-order chi connectivity index (χ1) is 37.0. The zero-order valence-electron chi connectivity index (χ0n) is 51.1. The van der Waals surface area contributed by atoms with Gasteiger partial charge in [0.25, 0.3) is 0 Å². The van der Waals surface area contributed by atoms with E-state index in [4.69, 9.17) is 14.2 Å². The lowest BCUT2D eigenvalue weighted by Gasteiger charge is -2.18. The first-order valence-corrected chi connectivity index (χ1v) is 34.2. The normalized spacial score (nSPS) is 12.0. The third-order valence-electron chi connectivity index (χ3n) is 15.8. The van der Waals surface area contributed by atoms with Crippen LogP contribution in [-0.2, 0) is 28.6 Å². The third-order valence-corrected chi connectivity index (χ3v) is 15.8. The molecule has 0 rings (SSSR count). The summed E-state index contributed by atoms with van der Waals surface area (Å²) in [6.07, 6.45) is 76.7. The number of rotatable bonds is 64. The van der Waals surface area contributed by atoms with Gasteiger partial charge in [0.2, 0.25) is 0 Å². The minimum atomic E-state index is -0.767. The monoisotopic (exact) mass is 1060 g/mol. The maximum atomic E-state index is 12.9. The van der Waals surface area contributed by atoms with Crippen LogP contribution in [0.2, 0.25) is 0 Å². The minimum Gasteiger partial charge on any atom is -0.462 e. The highest BCUT2D eigenvalue weighted by molar-refractivity contribution is 5.71. The Bertz CT molecular complexity index is 1170. The van der Waals surface area contributed by atoms with Crippen LogP contribution in [0.25, 0.3) is 0 Å². The summed E-state index contributed by atoms with van der Waals surface area (Å²) in [7, 11) is 0. The second-order valence-corrected chi connectivity index (χ2v) is 23.5. The van der Waals surface area contributed by atoms with Gasteiger partial charge in [-0.3, -0.25) is 14.4 Å². The van der Waals surface area contributed by atoms with Crippen LogP contribution in [-0.4, -0.2) is 37.2 Å². The molecule has 0 aromatic heterocycles. The van der Waals surface area contributed by atoms with E-state index in [2.05, 4.69) is 32.9 Å². The molecule has 6 nitrogen and oxygen atoms in total. The van der Waals surface area contributed by atoms with Gasteiger partial charge in [0.05, 0.1) is 0 Å². The number of carbonyl (C=O) groups is 3. The topological polar surface area (TPSA) is 78.9 Å². The fraction of sp³-hybridized carbons (Fsp3) is 0.928. The Kier molecular flexibility index (Phi) is 63.1. The highest BCUT2D eigenvalue weighted by Gasteiger charge is 2.19. The second kappa shape index (κ2) is 64.7. The van der Waals surface area contributed by atoms with Crippen LogP contribution in [0.15, 0.2) is 12.2 Å². The van der Waals surface area contributed by atoms with Crippen LogP contribution in [0.1, 0.15) is 393 Å². The first kappa shape index (κ1) is 73.2. The summed E-state index contributed by atoms with van der Waals surface area (Å²) in [5.74, 6) is -0.834. The second-order valence-electron chi connectivity index (χ2n) is 23.5. The summed E-state index contributed by atoms with van der Waals surface area (Å²) in [4.78, 5) is 38.3. The molecule has 0 bridgehead atoms. The zero-order chi connectivity index (χ0) is 54.3. The van der Waals surface area contributed by atoms with E-state index in [1.807, 2.05) is 0 Å². The molecule has 0 saturated heterocycles. The number of unbranched alkanes of at least 4 members (excludes halogenated alkanes) is 51. The molecule has 0 aromatic carbocycles. The molecule has 0 spiro atoms. The van der Waals surface area contributed by atoms with Crippen LogP contribution in [0.4, 0.5) is 0 Å². The molecule has 1 unspecified atom stereocenters. The fourth-order valence-electron chi connectivity index (χ4n) is 10.6. The van der Waals surface area contributed by atoms with Gasteiger partial charge in [-0.05, 0) is 44.9 Å². The standard InChI is InChI=1S/C69H132O6/c1-4-7-10-13-16-19-22-25-27-29-31-32-33-34-35-36-37-39-40-42-44-47-50-53-56-59-62-68(71)74-65-66(64-73-67(70)61-58-55-52-49-46-24-21-18-15-12-9-6-3)75-69(72)63-60-57-54-51-48-45-43-41-38-30-28-26-23-20-17-14-11-8-5-2/h26,28,66H,4-25,27,29-65H2,1-3H3/b28-26-. The van der Waals surface area contributed by atoms with Gasteiger partial charge in [-0.1, -0.05) is 341 Å². The number of carbonyl (C=O) groups excluding carboxylic acids is 3. The van der Waals surface area contributed by atoms with E-state index in [9.17, 15) is 14.4 Å². The van der Waals surface area contributed by atoms with E-state index in [1.54, 1.807) is 0 Å². The van der Waals surface area contributed by atoms with E-state index in [0.717, 1.165) is 57.8 Å². The van der Waals surface area contributed by atoms with Crippen LogP contribution < -0.4 is 0 Å². The lowest BCUT2D eigenvalue weighted by atomic mass is 10.0. The lowest BCUT2D eigenvalue weighted by molar-refractivity contribution is -0.167. The quantitative estimate of drug-likeness (QED) is 0.0261. The molecule has 0 heterocycles. The van der Waals surface area contributed by atoms with E-state index in [-0.39, 0.29) is 31.1 Å². The van der Waals surface area contributed by atoms with Crippen molar-refractivity contribution in [1.82, 2.24) is 0 Å². The van der Waals surface area contributed by atoms with Gasteiger partial charge in [-0.25, -0.2) is 0 Å². The fourth-order valence-corrected chi connectivity index (χ4v) is 10.6. The van der Waals surface area contributed by atoms with Crippen molar-refractivity contribution in [3.63, 3.8) is 0 Å². The maximum Gasteiger partial charge on any atom is 0.306 e. The smallest absolute Gasteiger partial charge is 0.306 e. The van der Waals surface area contributed by atoms with E-state index >= 15 is 0 Å². The Hall–Kier alpha value is -1.85. The molecule has 0 aliphatic carbocycles. The largest absolute Gasteiger partial charge is 0.462 e. The highest BCUT2D eigenvalue weighted by atomic mass is 16.6. The molecular weight excluding hydrogens is 925 g/mol. The van der Waals surface area contributed by atoms with Crippen LogP contribution in [0.3, 0.4) is 0 Å². The van der Waals surface area contributed by atoms with E-state index in [0.29, 0.717) is 19.3 Å². The molecule has 0 N–H and O–H groups in total. The molecule has 444 valence electrons. The zero-order valence-corrected chi connectivity index (χ0v) is 51.1. The van der Waals surface area contributed by atoms with Crippen molar-refractivity contribution in [2.45, 2.75) is 399 Å². The summed E-state index contributed by atoms with van der Waals surface area (Å²) in [6, 6.07) is 0. The van der Waals surface area contributed by atoms with Crippen molar-refractivity contribution >= 4 is 17.9 Å². The number of ether oxygens (including phenoxy) is 3. The number of esters is 3. The molecule has 0 saturated carbocycles. The Morgan fingerprint density at radius 3 is 0.667 bits per heavy atom. The van der Waals surface area contributed by atoms with Crippen molar-refractivity contribution in [1.29, 1.82) is 0 Å². The molecule has 0 aliphatic rings. The molecule has 6 heteroatoms. The predicted molar refractivity (Wildman–Crippen MR) is 326 cm³/mol. The minimum absolute atomic E-state index is 0.0641. The Morgan fingerprint density at radius 2 is 0.440 bits per heavy atom. The molecule has 0 aliphatic heterocycles. The number of hydrogen-bond donors (Lipinski definition) is 0. The van der Waals surface area contributed by atoms with E-state index in [1.165, 1.54) is 295 Å². The third kappa shape index (κ3) is 62.9. The van der Waals surface area contributed by atoms with Crippen LogP contribution >= 0.6 is 0 Å². The lowest BCUT2D eigenvalue weighted by Crippen LogP contribution is -2.30. The average molecular weight is 1060 g/mol. The van der Waals surface area contributed by atoms with Gasteiger partial charge >= 0.3 is 17.9 Å². The molecular formula is C69H132O6. The van der Waals surface area contributed by atoms with Crippen molar-refractivity contribution in [3.05, 3.63) is 12.2 Å². The average Bonchev–Trinajstić information content (AvgIpc) is 3.41. The number of hydrogen-bond acceptors (Lipinski definition) is 6. The van der Waals surface area contributed by atoms with Gasteiger partial charge in [-0.15, -0.1) is 0 Å². The van der Waals surface area contributed by atoms with Crippen molar-refractivity contribution in [2.75, 3.05) is 13.2 Å². The SMILES string of the molecule is CCCCCCCC/C=C\CCCCCCCCCCCC(=O)OC(COC(=O)CCCCCCCCCCCCCC)COC(=O)CCCCCCCCCCCCCCCCCCCCCCCCCCCC. The highest BCUT2D eigenvalue weighted by Crippen LogP contribution is 2.19. The van der Waals surface area contributed by atoms with E-state index < -0.39 is 6.10 Å². The van der Waals surface area contributed by atoms with Gasteiger partial charge in [0.15, 0.2) is 6.10 Å². The van der Waals surface area contributed by atoms with Crippen molar-refractivity contribution in [3.8, 4) is 0 Å². The van der Waals surface area contributed by atoms with Gasteiger partial charge < -0.3 is 14.2 Å². The molecule has 0 fully saturated rings. The molecule has 1 atom stereocenters. The number of allylic oxidation sites excluding steroid dienone is 2. The molecule has 0 radical (unpaired) electrons. The molecule has 0 amide bonds. The van der Waals surface area contributed by atoms with Crippen molar-refractivity contribution in [2.24, 2.45) is 0 Å². The molecule has 0 aromatic rings. The van der Waals surface area contributed by atoms with Crippen LogP contribution in [0, 0.1) is 0 Å². The first-order valence-electron chi connectivity index (χ1n) is 34.2. The Labute approximate surface area is 469 Å². The van der Waals surface area contributed by atoms with Gasteiger partial charge in [0, 0.05) is 19.3 Å². The summed E-state index contributed by atoms with van der Waals surface area (Å²) in [5.41, 5.74) is 0. The Morgan fingerprint density at radius 1 is 0.253 bits per heavy atom. The summed E-state index contributed by atoms with van der Waals surface area (Å²) >= 11 is 0. The summed E-state index contributed by atoms with van der Waals surface area (Å²) < 4.78 is 17.0. The van der Waals surface area contributed by atoms with Crippen molar-refractivity contribution < 1.29 is 28.6 Å². The van der Waals surface area contributed by atoms with Gasteiger partial charge in [-0.2, -0.15) is 0 Å². The summed E-state index contributed by atoms with van der Waals surface area (Å²) in [6.45, 7) is 6.71. The maximum absolute atomic E-state index is 12.9. The van der Waals surface area contributed by atoms with Gasteiger partial charge in [0.1, 0.15) is 13.2 Å². The predicted octanol–water partition coefficient (Wildman–Crippen LogP) is 23.2. The van der Waals surface area contributed by atoms with Crippen LogP contribution in [0.5, 0.6) is 0 Å². The summed E-state index contributed by atoms with van der Waals surface area (Å²) in [5, 5.41) is 0.